The maximum atomic E-state index is 15.2. The molecule has 4 aliphatic carbocycles. The number of carbonyl (C=O) groups excluding carboxylic acids is 1. The van der Waals surface area contributed by atoms with Crippen LogP contribution in [0.1, 0.15) is 59.8 Å². The highest BCUT2D eigenvalue weighted by Crippen LogP contribution is 2.62. The van der Waals surface area contributed by atoms with E-state index in [4.69, 9.17) is 14.8 Å². The van der Waals surface area contributed by atoms with Gasteiger partial charge in [-0.3, -0.25) is 4.79 Å². The summed E-state index contributed by atoms with van der Waals surface area (Å²) in [6.45, 7) is 4.52. The molecule has 2 bridgehead atoms. The maximum Gasteiger partial charge on any atom is 0.262 e. The van der Waals surface area contributed by atoms with Crippen LogP contribution in [0.4, 0.5) is 20.3 Å². The minimum Gasteiger partial charge on any atom is -0.378 e. The first kappa shape index (κ1) is 24.0. The second-order valence-electron chi connectivity index (χ2n) is 11.8. The van der Waals surface area contributed by atoms with E-state index in [1.165, 1.54) is 16.9 Å². The van der Waals surface area contributed by atoms with Crippen molar-refractivity contribution in [3.8, 4) is 11.1 Å². The molecule has 11 heteroatoms. The zero-order valence-electron chi connectivity index (χ0n) is 22.2. The van der Waals surface area contributed by atoms with Gasteiger partial charge in [-0.25, -0.2) is 14.1 Å². The van der Waals surface area contributed by atoms with Gasteiger partial charge in [0.25, 0.3) is 5.91 Å². The molecule has 1 amide bonds. The van der Waals surface area contributed by atoms with Crippen LogP contribution in [0.25, 0.3) is 16.8 Å². The molecule has 4 saturated carbocycles. The van der Waals surface area contributed by atoms with Crippen LogP contribution in [0.5, 0.6) is 0 Å². The molecule has 5 fully saturated rings. The van der Waals surface area contributed by atoms with Crippen molar-refractivity contribution in [2.75, 3.05) is 36.5 Å². The number of morpholine rings is 1. The number of carbonyl (C=O) groups is 1. The molecular formula is C29H29F2N7O2. The Morgan fingerprint density at radius 1 is 1.10 bits per heavy atom. The summed E-state index contributed by atoms with van der Waals surface area (Å²) in [7, 11) is 0. The van der Waals surface area contributed by atoms with E-state index < -0.39 is 17.7 Å². The quantitative estimate of drug-likeness (QED) is 0.379. The number of rotatable bonds is 6. The number of fused-ring (bicyclic) bond motifs is 1. The highest BCUT2D eigenvalue weighted by Gasteiger charge is 2.59. The van der Waals surface area contributed by atoms with Crippen LogP contribution < -0.4 is 10.2 Å². The van der Waals surface area contributed by atoms with E-state index >= 15 is 8.78 Å². The summed E-state index contributed by atoms with van der Waals surface area (Å²) in [6.07, 6.45) is 6.12. The third-order valence-corrected chi connectivity index (χ3v) is 9.00. The first-order valence-corrected chi connectivity index (χ1v) is 14.0. The fourth-order valence-corrected chi connectivity index (χ4v) is 6.45. The number of aryl methyl sites for hydroxylation is 1. The number of nitrogens with zero attached hydrogens (tertiary/aromatic N) is 6. The molecule has 1 aliphatic heterocycles. The minimum atomic E-state index is -0.722. The van der Waals surface area contributed by atoms with Crippen LogP contribution in [0.3, 0.4) is 0 Å². The van der Waals surface area contributed by atoms with Crippen molar-refractivity contribution in [1.29, 1.82) is 0 Å². The lowest BCUT2D eigenvalue weighted by Gasteiger charge is -2.61. The summed E-state index contributed by atoms with van der Waals surface area (Å²) in [4.78, 5) is 20.1. The van der Waals surface area contributed by atoms with Gasteiger partial charge in [0.2, 0.25) is 5.95 Å². The Morgan fingerprint density at radius 2 is 1.88 bits per heavy atom. The molecule has 0 spiro atoms. The Balaban J connectivity index is 1.15. The van der Waals surface area contributed by atoms with Crippen LogP contribution in [-0.4, -0.2) is 56.6 Å². The zero-order valence-corrected chi connectivity index (χ0v) is 22.2. The number of anilines is 2. The normalized spacial score (nSPS) is 23.7. The van der Waals surface area contributed by atoms with Crippen molar-refractivity contribution in [3.05, 3.63) is 59.2 Å². The van der Waals surface area contributed by atoms with Gasteiger partial charge in [-0.1, -0.05) is 0 Å². The van der Waals surface area contributed by atoms with Gasteiger partial charge in [0.15, 0.2) is 11.5 Å². The van der Waals surface area contributed by atoms with Crippen molar-refractivity contribution in [3.63, 3.8) is 0 Å². The van der Waals surface area contributed by atoms with Gasteiger partial charge >= 0.3 is 0 Å². The van der Waals surface area contributed by atoms with E-state index in [9.17, 15) is 4.79 Å². The average molecular weight is 546 g/mol. The molecule has 9 nitrogen and oxygen atoms in total. The number of hydrogen-bond acceptors (Lipinski definition) is 6. The summed E-state index contributed by atoms with van der Waals surface area (Å²) in [5.41, 5.74) is 2.52. The Bertz CT molecular complexity index is 1670. The summed E-state index contributed by atoms with van der Waals surface area (Å²) >= 11 is 0. The predicted octanol–water partition coefficient (Wildman–Crippen LogP) is 4.65. The Kier molecular flexibility index (Phi) is 5.14. The fourth-order valence-electron chi connectivity index (χ4n) is 6.45. The zero-order chi connectivity index (χ0) is 27.2. The number of nitrogens with one attached hydrogen (secondary N) is 1. The summed E-state index contributed by atoms with van der Waals surface area (Å²) in [6, 6.07) is 6.98. The third kappa shape index (κ3) is 3.67. The molecule has 4 heterocycles. The van der Waals surface area contributed by atoms with E-state index in [0.717, 1.165) is 73.6 Å². The van der Waals surface area contributed by atoms with Crippen molar-refractivity contribution in [2.24, 2.45) is 5.92 Å². The summed E-state index contributed by atoms with van der Waals surface area (Å²) in [5.74, 6) is 0.804. The van der Waals surface area contributed by atoms with Crippen LogP contribution >= 0.6 is 0 Å². The molecule has 0 unspecified atom stereocenters. The largest absolute Gasteiger partial charge is 0.378 e. The van der Waals surface area contributed by atoms with E-state index in [0.29, 0.717) is 30.6 Å². The maximum absolute atomic E-state index is 15.2. The number of amides is 1. The summed E-state index contributed by atoms with van der Waals surface area (Å²) in [5, 5.41) is 11.6. The first-order valence-electron chi connectivity index (χ1n) is 14.0. The molecule has 1 saturated heterocycles. The predicted molar refractivity (Wildman–Crippen MR) is 144 cm³/mol. The third-order valence-electron chi connectivity index (χ3n) is 9.00. The molecule has 0 radical (unpaired) electrons. The van der Waals surface area contributed by atoms with E-state index in [1.807, 2.05) is 23.6 Å². The SMILES string of the molecule is Cc1cc(F)c(NC(=O)c2cnn(C34CC(C3)C4)c2F)cc1-c1cc(N2CCOCC2)n2nc(C3CC3)nc2c1. The summed E-state index contributed by atoms with van der Waals surface area (Å²) < 4.78 is 39.1. The molecule has 206 valence electrons. The van der Waals surface area contributed by atoms with Gasteiger partial charge in [0, 0.05) is 19.0 Å². The average Bonchev–Trinajstić information content (AvgIpc) is 3.55. The van der Waals surface area contributed by atoms with Crippen molar-refractivity contribution < 1.29 is 18.3 Å². The number of aromatic nitrogens is 5. The number of hydrogen-bond donors (Lipinski definition) is 1. The molecule has 3 aromatic heterocycles. The Morgan fingerprint density at radius 3 is 2.58 bits per heavy atom. The molecular weight excluding hydrogens is 516 g/mol. The second-order valence-corrected chi connectivity index (χ2v) is 11.8. The van der Waals surface area contributed by atoms with Gasteiger partial charge in [-0.2, -0.15) is 14.0 Å². The molecule has 1 N–H and O–H groups in total. The van der Waals surface area contributed by atoms with Crippen molar-refractivity contribution >= 4 is 23.1 Å². The monoisotopic (exact) mass is 545 g/mol. The van der Waals surface area contributed by atoms with Gasteiger partial charge in [-0.05, 0) is 85.9 Å². The van der Waals surface area contributed by atoms with Gasteiger partial charge in [0.05, 0.1) is 30.6 Å². The lowest BCUT2D eigenvalue weighted by molar-refractivity contribution is -0.105. The smallest absolute Gasteiger partial charge is 0.262 e. The van der Waals surface area contributed by atoms with Gasteiger partial charge in [0.1, 0.15) is 17.2 Å². The first-order chi connectivity index (χ1) is 19.4. The molecule has 5 aliphatic rings. The van der Waals surface area contributed by atoms with E-state index in [2.05, 4.69) is 15.3 Å². The topological polar surface area (TPSA) is 89.6 Å². The van der Waals surface area contributed by atoms with Crippen LogP contribution in [-0.2, 0) is 10.3 Å². The van der Waals surface area contributed by atoms with Crippen LogP contribution in [0, 0.1) is 24.6 Å². The standard InChI is InChI=1S/C29H29F2N7O2/c1-16-8-22(30)23(33-28(39)21-15-32-38(26(21)31)29-12-17(13-29)14-29)11-20(16)19-9-24-34-27(18-2-3-18)35-37(24)25(10-19)36-4-6-40-7-5-36/h8-11,15,17-18H,2-7,12-14H2,1H3,(H,33,39). The van der Waals surface area contributed by atoms with Crippen LogP contribution in [0.2, 0.25) is 0 Å². The van der Waals surface area contributed by atoms with Gasteiger partial charge < -0.3 is 15.0 Å². The lowest BCUT2D eigenvalue weighted by Crippen LogP contribution is -2.60. The lowest BCUT2D eigenvalue weighted by atomic mass is 9.50. The number of ether oxygens (including phenoxy) is 1. The van der Waals surface area contributed by atoms with Crippen molar-refractivity contribution in [2.45, 2.75) is 50.5 Å². The molecule has 1 aromatic carbocycles. The van der Waals surface area contributed by atoms with E-state index in [1.54, 1.807) is 6.07 Å². The highest BCUT2D eigenvalue weighted by molar-refractivity contribution is 6.04. The number of pyridine rings is 1. The number of halogens is 2. The Hall–Kier alpha value is -3.86. The van der Waals surface area contributed by atoms with Crippen molar-refractivity contribution in [1.82, 2.24) is 24.4 Å². The van der Waals surface area contributed by atoms with Crippen LogP contribution in [0.15, 0.2) is 30.5 Å². The highest BCUT2D eigenvalue weighted by atomic mass is 19.1. The Labute approximate surface area is 229 Å². The fraction of sp³-hybridized carbons (Fsp3) is 0.448. The van der Waals surface area contributed by atoms with Gasteiger partial charge in [-0.15, -0.1) is 5.10 Å². The molecule has 4 aromatic rings. The molecule has 40 heavy (non-hydrogen) atoms. The molecule has 9 rings (SSSR count). The number of benzene rings is 1. The van der Waals surface area contributed by atoms with E-state index in [-0.39, 0.29) is 16.8 Å². The second kappa shape index (κ2) is 8.57. The minimum absolute atomic E-state index is 0.0174. The molecule has 0 atom stereocenters.